The Balaban J connectivity index is 1.89. The molecule has 0 aliphatic carbocycles. The highest BCUT2D eigenvalue weighted by molar-refractivity contribution is 8.00. The van der Waals surface area contributed by atoms with Gasteiger partial charge in [-0.05, 0) is 42.8 Å². The molecule has 27 heavy (non-hydrogen) atoms. The van der Waals surface area contributed by atoms with Gasteiger partial charge in [0, 0.05) is 5.56 Å². The maximum Gasteiger partial charge on any atom is 0.235 e. The zero-order valence-corrected chi connectivity index (χ0v) is 15.7. The highest BCUT2D eigenvalue weighted by Crippen LogP contribution is 2.44. The summed E-state index contributed by atoms with van der Waals surface area (Å²) in [5.74, 6) is 1.20. The molecule has 0 unspecified atom stereocenters. The van der Waals surface area contributed by atoms with Crippen molar-refractivity contribution in [2.24, 2.45) is 0 Å². The molecular formula is C20H18FN3O2S. The van der Waals surface area contributed by atoms with Crippen LogP contribution in [0, 0.1) is 12.7 Å². The molecule has 1 aliphatic rings. The van der Waals surface area contributed by atoms with Gasteiger partial charge in [-0.1, -0.05) is 18.2 Å². The Morgan fingerprint density at radius 3 is 2.85 bits per heavy atom. The number of amides is 1. The van der Waals surface area contributed by atoms with Gasteiger partial charge in [0.05, 0.1) is 29.5 Å². The van der Waals surface area contributed by atoms with Gasteiger partial charge in [0.15, 0.2) is 0 Å². The monoisotopic (exact) mass is 383 g/mol. The lowest BCUT2D eigenvalue weighted by atomic mass is 10.0. The number of halogens is 1. The number of benzene rings is 2. The smallest absolute Gasteiger partial charge is 0.235 e. The van der Waals surface area contributed by atoms with E-state index in [1.807, 2.05) is 31.2 Å². The lowest BCUT2D eigenvalue weighted by Gasteiger charge is -2.16. The second-order valence-electron chi connectivity index (χ2n) is 6.26. The third-order valence-corrected chi connectivity index (χ3v) is 5.73. The number of thioether (sulfide) groups is 1. The third-order valence-electron chi connectivity index (χ3n) is 4.46. The largest absolute Gasteiger partial charge is 0.497 e. The van der Waals surface area contributed by atoms with Crippen LogP contribution >= 0.6 is 11.8 Å². The van der Waals surface area contributed by atoms with Gasteiger partial charge in [-0.15, -0.1) is 11.8 Å². The molecule has 0 spiro atoms. The number of ether oxygens (including phenoxy) is 1. The van der Waals surface area contributed by atoms with E-state index in [0.29, 0.717) is 17.3 Å². The number of carbonyl (C=O) groups is 1. The average molecular weight is 383 g/mol. The van der Waals surface area contributed by atoms with Crippen molar-refractivity contribution in [3.8, 4) is 11.4 Å². The number of methoxy groups -OCH3 is 1. The molecule has 0 fully saturated rings. The maximum atomic E-state index is 13.7. The SMILES string of the molecule is COc1cccc([C@@H]2SCC(=O)Nc3c2c(C)nn3-c2cccc(F)c2)c1. The summed E-state index contributed by atoms with van der Waals surface area (Å²) in [5.41, 5.74) is 3.30. The molecule has 1 aromatic heterocycles. The van der Waals surface area contributed by atoms with Crippen LogP contribution in [-0.2, 0) is 4.79 Å². The van der Waals surface area contributed by atoms with Gasteiger partial charge >= 0.3 is 0 Å². The Hall–Kier alpha value is -2.80. The van der Waals surface area contributed by atoms with Gasteiger partial charge in [0.2, 0.25) is 5.91 Å². The topological polar surface area (TPSA) is 56.1 Å². The van der Waals surface area contributed by atoms with Crippen LogP contribution in [0.4, 0.5) is 10.2 Å². The number of hydrogen-bond donors (Lipinski definition) is 1. The van der Waals surface area contributed by atoms with Crippen LogP contribution in [0.1, 0.15) is 22.1 Å². The molecule has 7 heteroatoms. The number of carbonyl (C=O) groups excluding carboxylic acids is 1. The van der Waals surface area contributed by atoms with E-state index >= 15 is 0 Å². The summed E-state index contributed by atoms with van der Waals surface area (Å²) in [4.78, 5) is 12.3. The number of aromatic nitrogens is 2. The van der Waals surface area contributed by atoms with Crippen LogP contribution in [0.3, 0.4) is 0 Å². The molecule has 3 aromatic rings. The fourth-order valence-electron chi connectivity index (χ4n) is 3.25. The van der Waals surface area contributed by atoms with Crippen LogP contribution in [-0.4, -0.2) is 28.6 Å². The fraction of sp³-hybridized carbons (Fsp3) is 0.200. The Bertz CT molecular complexity index is 1020. The van der Waals surface area contributed by atoms with Crippen LogP contribution in [0.2, 0.25) is 0 Å². The van der Waals surface area contributed by atoms with Crippen molar-refractivity contribution in [3.05, 3.63) is 71.2 Å². The zero-order chi connectivity index (χ0) is 19.0. The Morgan fingerprint density at radius 2 is 2.07 bits per heavy atom. The molecule has 138 valence electrons. The minimum atomic E-state index is -0.354. The minimum absolute atomic E-state index is 0.0867. The van der Waals surface area contributed by atoms with Crippen LogP contribution in [0.15, 0.2) is 48.5 Å². The number of rotatable bonds is 3. The average Bonchev–Trinajstić information content (AvgIpc) is 2.87. The molecule has 2 heterocycles. The number of nitrogens with one attached hydrogen (secondary N) is 1. The Kier molecular flexibility index (Phi) is 4.61. The van der Waals surface area contributed by atoms with Crippen molar-refractivity contribution >= 4 is 23.5 Å². The van der Waals surface area contributed by atoms with Crippen molar-refractivity contribution in [2.75, 3.05) is 18.2 Å². The van der Waals surface area contributed by atoms with Crippen molar-refractivity contribution in [3.63, 3.8) is 0 Å². The highest BCUT2D eigenvalue weighted by Gasteiger charge is 2.30. The van der Waals surface area contributed by atoms with Gasteiger partial charge in [-0.25, -0.2) is 9.07 Å². The molecule has 0 bridgehead atoms. The molecule has 0 radical (unpaired) electrons. The molecule has 2 aromatic carbocycles. The lowest BCUT2D eigenvalue weighted by Crippen LogP contribution is -2.15. The third kappa shape index (κ3) is 3.30. The molecule has 1 N–H and O–H groups in total. The standard InChI is InChI=1S/C20H18FN3O2S/c1-12-18-19(13-5-3-8-16(9-13)26-2)27-11-17(25)22-20(18)24(23-12)15-7-4-6-14(21)10-15/h3-10,19H,11H2,1-2H3,(H,22,25)/t19-/m0/s1. The summed E-state index contributed by atoms with van der Waals surface area (Å²) in [6, 6.07) is 14.0. The molecule has 4 rings (SSSR count). The van der Waals surface area contributed by atoms with Crippen molar-refractivity contribution in [1.29, 1.82) is 0 Å². The Labute approximate surface area is 160 Å². The summed E-state index contributed by atoms with van der Waals surface area (Å²) in [6.45, 7) is 1.90. The van der Waals surface area contributed by atoms with E-state index in [1.54, 1.807) is 23.9 Å². The summed E-state index contributed by atoms with van der Waals surface area (Å²) < 4.78 is 20.7. The lowest BCUT2D eigenvalue weighted by molar-refractivity contribution is -0.113. The maximum absolute atomic E-state index is 13.7. The molecule has 0 saturated carbocycles. The minimum Gasteiger partial charge on any atom is -0.497 e. The van der Waals surface area contributed by atoms with E-state index in [9.17, 15) is 9.18 Å². The predicted octanol–water partition coefficient (Wildman–Crippen LogP) is 4.10. The van der Waals surface area contributed by atoms with E-state index in [-0.39, 0.29) is 17.0 Å². The summed E-state index contributed by atoms with van der Waals surface area (Å²) in [6.07, 6.45) is 0. The summed E-state index contributed by atoms with van der Waals surface area (Å²) >= 11 is 1.54. The first-order valence-electron chi connectivity index (χ1n) is 8.47. The van der Waals surface area contributed by atoms with E-state index in [1.165, 1.54) is 23.9 Å². The van der Waals surface area contributed by atoms with E-state index in [4.69, 9.17) is 4.74 Å². The number of fused-ring (bicyclic) bond motifs is 1. The van der Waals surface area contributed by atoms with E-state index in [0.717, 1.165) is 22.6 Å². The van der Waals surface area contributed by atoms with Gasteiger partial charge in [-0.2, -0.15) is 5.10 Å². The molecule has 1 aliphatic heterocycles. The first-order valence-corrected chi connectivity index (χ1v) is 9.52. The normalized spacial score (nSPS) is 16.4. The molecule has 1 amide bonds. The first kappa shape index (κ1) is 17.6. The second kappa shape index (κ2) is 7.08. The van der Waals surface area contributed by atoms with E-state index in [2.05, 4.69) is 10.4 Å². The molecule has 0 saturated heterocycles. The van der Waals surface area contributed by atoms with Crippen LogP contribution in [0.25, 0.3) is 5.69 Å². The summed E-state index contributed by atoms with van der Waals surface area (Å²) in [7, 11) is 1.63. The zero-order valence-electron chi connectivity index (χ0n) is 14.9. The van der Waals surface area contributed by atoms with Crippen molar-refractivity contribution < 1.29 is 13.9 Å². The second-order valence-corrected chi connectivity index (χ2v) is 7.35. The number of aryl methyl sites for hydroxylation is 1. The van der Waals surface area contributed by atoms with Gasteiger partial charge in [0.1, 0.15) is 17.4 Å². The molecule has 1 atom stereocenters. The van der Waals surface area contributed by atoms with E-state index < -0.39 is 0 Å². The van der Waals surface area contributed by atoms with Crippen molar-refractivity contribution in [2.45, 2.75) is 12.2 Å². The molecular weight excluding hydrogens is 365 g/mol. The van der Waals surface area contributed by atoms with Crippen LogP contribution in [0.5, 0.6) is 5.75 Å². The Morgan fingerprint density at radius 1 is 1.26 bits per heavy atom. The van der Waals surface area contributed by atoms with Gasteiger partial charge in [0.25, 0.3) is 0 Å². The quantitative estimate of drug-likeness (QED) is 0.740. The predicted molar refractivity (Wildman–Crippen MR) is 104 cm³/mol. The number of nitrogens with zero attached hydrogens (tertiary/aromatic N) is 2. The van der Waals surface area contributed by atoms with Gasteiger partial charge in [-0.3, -0.25) is 4.79 Å². The summed E-state index contributed by atoms with van der Waals surface area (Å²) in [5, 5.41) is 7.45. The van der Waals surface area contributed by atoms with Crippen molar-refractivity contribution in [1.82, 2.24) is 9.78 Å². The van der Waals surface area contributed by atoms with Gasteiger partial charge < -0.3 is 10.1 Å². The number of anilines is 1. The van der Waals surface area contributed by atoms with Crippen LogP contribution < -0.4 is 10.1 Å². The molecule has 5 nitrogen and oxygen atoms in total. The first-order chi connectivity index (χ1) is 13.1. The number of hydrogen-bond acceptors (Lipinski definition) is 4. The highest BCUT2D eigenvalue weighted by atomic mass is 32.2. The fourth-order valence-corrected chi connectivity index (χ4v) is 4.42.